The highest BCUT2D eigenvalue weighted by Gasteiger charge is 2.27. The Kier molecular flexibility index (Phi) is 6.10. The number of esters is 2. The monoisotopic (exact) mass is 356 g/mol. The number of carbonyl (C=O) groups excluding carboxylic acids is 2. The maximum atomic E-state index is 12.4. The van der Waals surface area contributed by atoms with Crippen molar-refractivity contribution >= 4 is 11.9 Å². The highest BCUT2D eigenvalue weighted by Crippen LogP contribution is 2.30. The molecular weight excluding hydrogens is 332 g/mol. The quantitative estimate of drug-likeness (QED) is 0.827. The molecule has 0 saturated carbocycles. The fourth-order valence-electron chi connectivity index (χ4n) is 2.49. The zero-order valence-corrected chi connectivity index (χ0v) is 15.5. The molecule has 1 atom stereocenters. The summed E-state index contributed by atoms with van der Waals surface area (Å²) in [6.45, 7) is 7.32. The lowest BCUT2D eigenvalue weighted by Gasteiger charge is -2.23. The van der Waals surface area contributed by atoms with Crippen LogP contribution in [0.3, 0.4) is 0 Å². The minimum Gasteiger partial charge on any atom is -0.461 e. The third-order valence-corrected chi connectivity index (χ3v) is 3.52. The molecule has 0 aliphatic heterocycles. The molecule has 0 radical (unpaired) electrons. The van der Waals surface area contributed by atoms with E-state index in [0.29, 0.717) is 16.7 Å². The van der Waals surface area contributed by atoms with E-state index in [-0.39, 0.29) is 12.3 Å². The summed E-state index contributed by atoms with van der Waals surface area (Å²) >= 11 is 0. The van der Waals surface area contributed by atoms with Crippen LogP contribution < -0.4 is 5.73 Å². The van der Waals surface area contributed by atoms with E-state index in [1.807, 2.05) is 6.07 Å². The van der Waals surface area contributed by atoms with Crippen molar-refractivity contribution in [2.45, 2.75) is 39.3 Å². The summed E-state index contributed by atoms with van der Waals surface area (Å²) < 4.78 is 10.5. The van der Waals surface area contributed by atoms with E-state index >= 15 is 0 Å². The normalized spacial score (nSPS) is 12.3. The van der Waals surface area contributed by atoms with Crippen molar-refractivity contribution in [3.8, 4) is 11.1 Å². The van der Waals surface area contributed by atoms with Crippen LogP contribution >= 0.6 is 0 Å². The number of nitrogens with two attached hydrogens (primary N) is 1. The molecule has 0 aliphatic carbocycles. The van der Waals surface area contributed by atoms with Gasteiger partial charge in [0.15, 0.2) is 5.69 Å². The van der Waals surface area contributed by atoms with Crippen molar-refractivity contribution in [1.82, 2.24) is 4.98 Å². The van der Waals surface area contributed by atoms with E-state index in [1.54, 1.807) is 58.0 Å². The topological polar surface area (TPSA) is 91.5 Å². The Balaban J connectivity index is 2.48. The summed E-state index contributed by atoms with van der Waals surface area (Å²) in [7, 11) is 0. The summed E-state index contributed by atoms with van der Waals surface area (Å²) in [5, 5.41) is 0. The smallest absolute Gasteiger partial charge is 0.357 e. The van der Waals surface area contributed by atoms with Crippen LogP contribution in [0.4, 0.5) is 0 Å². The summed E-state index contributed by atoms with van der Waals surface area (Å²) in [4.78, 5) is 28.8. The SMILES string of the molecule is CCOC(=O)c1ncccc1-c1ccccc1C(N)C(=O)OC(C)(C)C. The van der Waals surface area contributed by atoms with Crippen molar-refractivity contribution in [3.63, 3.8) is 0 Å². The number of aromatic nitrogens is 1. The third-order valence-electron chi connectivity index (χ3n) is 3.52. The van der Waals surface area contributed by atoms with Gasteiger partial charge in [0, 0.05) is 11.8 Å². The van der Waals surface area contributed by atoms with Gasteiger partial charge in [0.1, 0.15) is 11.6 Å². The lowest BCUT2D eigenvalue weighted by Crippen LogP contribution is -2.31. The zero-order valence-electron chi connectivity index (χ0n) is 15.5. The summed E-state index contributed by atoms with van der Waals surface area (Å²) in [6.07, 6.45) is 1.52. The maximum absolute atomic E-state index is 12.4. The van der Waals surface area contributed by atoms with Gasteiger partial charge >= 0.3 is 11.9 Å². The fraction of sp³-hybridized carbons (Fsp3) is 0.350. The number of pyridine rings is 1. The Labute approximate surface area is 153 Å². The number of ether oxygens (including phenoxy) is 2. The van der Waals surface area contributed by atoms with Gasteiger partial charge in [-0.1, -0.05) is 30.3 Å². The molecule has 1 aromatic heterocycles. The van der Waals surface area contributed by atoms with E-state index in [9.17, 15) is 9.59 Å². The highest BCUT2D eigenvalue weighted by atomic mass is 16.6. The molecule has 2 rings (SSSR count). The van der Waals surface area contributed by atoms with Crippen LogP contribution in [0.5, 0.6) is 0 Å². The fourth-order valence-corrected chi connectivity index (χ4v) is 2.49. The van der Waals surface area contributed by atoms with Crippen LogP contribution in [0.15, 0.2) is 42.6 Å². The number of nitrogens with zero attached hydrogens (tertiary/aromatic N) is 1. The molecule has 1 aromatic carbocycles. The molecule has 0 aliphatic rings. The van der Waals surface area contributed by atoms with Gasteiger partial charge in [-0.15, -0.1) is 0 Å². The molecule has 6 nitrogen and oxygen atoms in total. The number of carbonyl (C=O) groups is 2. The minimum atomic E-state index is -0.985. The van der Waals surface area contributed by atoms with Crippen LogP contribution in [-0.4, -0.2) is 29.1 Å². The Morgan fingerprint density at radius 3 is 2.42 bits per heavy atom. The predicted molar refractivity (Wildman–Crippen MR) is 98.4 cm³/mol. The predicted octanol–water partition coefficient (Wildman–Crippen LogP) is 3.27. The molecule has 138 valence electrons. The van der Waals surface area contributed by atoms with Crippen LogP contribution in [0.25, 0.3) is 11.1 Å². The first-order valence-electron chi connectivity index (χ1n) is 8.44. The van der Waals surface area contributed by atoms with Crippen molar-refractivity contribution < 1.29 is 19.1 Å². The number of benzene rings is 1. The molecule has 0 fully saturated rings. The third kappa shape index (κ3) is 4.67. The van der Waals surface area contributed by atoms with E-state index in [1.165, 1.54) is 6.20 Å². The second kappa shape index (κ2) is 8.10. The lowest BCUT2D eigenvalue weighted by molar-refractivity contribution is -0.156. The average molecular weight is 356 g/mol. The van der Waals surface area contributed by atoms with E-state index < -0.39 is 23.6 Å². The first-order valence-corrected chi connectivity index (χ1v) is 8.44. The molecule has 1 heterocycles. The standard InChI is InChI=1S/C20H24N2O4/c1-5-25-19(24)17-15(11-8-12-22-17)13-9-6-7-10-14(13)16(21)18(23)26-20(2,3)4/h6-12,16H,5,21H2,1-4H3. The van der Waals surface area contributed by atoms with Crippen molar-refractivity contribution in [2.75, 3.05) is 6.61 Å². The molecule has 0 spiro atoms. The maximum Gasteiger partial charge on any atom is 0.357 e. The number of hydrogen-bond acceptors (Lipinski definition) is 6. The largest absolute Gasteiger partial charge is 0.461 e. The second-order valence-electron chi connectivity index (χ2n) is 6.72. The van der Waals surface area contributed by atoms with Crippen molar-refractivity contribution in [1.29, 1.82) is 0 Å². The Bertz CT molecular complexity index is 796. The van der Waals surface area contributed by atoms with Crippen LogP contribution in [-0.2, 0) is 14.3 Å². The molecule has 26 heavy (non-hydrogen) atoms. The van der Waals surface area contributed by atoms with Gasteiger partial charge in [0.2, 0.25) is 0 Å². The summed E-state index contributed by atoms with van der Waals surface area (Å²) in [6, 6.07) is 9.60. The molecule has 6 heteroatoms. The zero-order chi connectivity index (χ0) is 19.3. The van der Waals surface area contributed by atoms with Crippen molar-refractivity contribution in [2.24, 2.45) is 5.73 Å². The Morgan fingerprint density at radius 2 is 1.77 bits per heavy atom. The molecule has 2 aromatic rings. The summed E-state index contributed by atoms with van der Waals surface area (Å²) in [5.41, 5.74) is 7.44. The van der Waals surface area contributed by atoms with Crippen LogP contribution in [0.1, 0.15) is 49.8 Å². The van der Waals surface area contributed by atoms with Crippen LogP contribution in [0.2, 0.25) is 0 Å². The first kappa shape index (κ1) is 19.6. The molecular formula is C20H24N2O4. The second-order valence-corrected chi connectivity index (χ2v) is 6.72. The Hall–Kier alpha value is -2.73. The van der Waals surface area contributed by atoms with E-state index in [0.717, 1.165) is 0 Å². The van der Waals surface area contributed by atoms with Gasteiger partial charge in [0.05, 0.1) is 6.61 Å². The molecule has 0 saturated heterocycles. The van der Waals surface area contributed by atoms with Crippen molar-refractivity contribution in [3.05, 3.63) is 53.9 Å². The van der Waals surface area contributed by atoms with E-state index in [2.05, 4.69) is 4.98 Å². The summed E-state index contributed by atoms with van der Waals surface area (Å²) in [5.74, 6) is -1.06. The minimum absolute atomic E-state index is 0.179. The highest BCUT2D eigenvalue weighted by molar-refractivity contribution is 5.96. The van der Waals surface area contributed by atoms with Gasteiger partial charge in [-0.05, 0) is 44.9 Å². The number of rotatable bonds is 5. The van der Waals surface area contributed by atoms with E-state index in [4.69, 9.17) is 15.2 Å². The molecule has 1 unspecified atom stereocenters. The first-order chi connectivity index (χ1) is 12.2. The van der Waals surface area contributed by atoms with Crippen LogP contribution in [0, 0.1) is 0 Å². The molecule has 2 N–H and O–H groups in total. The van der Waals surface area contributed by atoms with Gasteiger partial charge < -0.3 is 15.2 Å². The van der Waals surface area contributed by atoms with Gasteiger partial charge in [-0.25, -0.2) is 14.6 Å². The van der Waals surface area contributed by atoms with Gasteiger partial charge in [-0.3, -0.25) is 0 Å². The molecule has 0 bridgehead atoms. The lowest BCUT2D eigenvalue weighted by atomic mass is 9.94. The number of hydrogen-bond donors (Lipinski definition) is 1. The average Bonchev–Trinajstić information content (AvgIpc) is 2.60. The molecule has 0 amide bonds. The van der Waals surface area contributed by atoms with Gasteiger partial charge in [-0.2, -0.15) is 0 Å². The Morgan fingerprint density at radius 1 is 1.12 bits per heavy atom. The van der Waals surface area contributed by atoms with Gasteiger partial charge in [0.25, 0.3) is 0 Å².